The number of hydrogen-bond donors (Lipinski definition) is 4. The maximum atomic E-state index is 11.9. The number of ether oxygens (including phenoxy) is 1. The van der Waals surface area contributed by atoms with Crippen molar-refractivity contribution in [2.24, 2.45) is 0 Å². The molecule has 1 unspecified atom stereocenters. The maximum absolute atomic E-state index is 11.9. The zero-order valence-corrected chi connectivity index (χ0v) is 18.6. The second-order valence-corrected chi connectivity index (χ2v) is 8.28. The summed E-state index contributed by atoms with van der Waals surface area (Å²) in [6.45, 7) is 0.492. The molecule has 1 aromatic carbocycles. The monoisotopic (exact) mass is 544 g/mol. The maximum Gasteiger partial charge on any atom is 0.251 e. The summed E-state index contributed by atoms with van der Waals surface area (Å²) in [6.07, 6.45) is -3.65. The lowest BCUT2D eigenvalue weighted by Crippen LogP contribution is -2.41. The Bertz CT molecular complexity index is 1100. The van der Waals surface area contributed by atoms with Crippen LogP contribution in [0.3, 0.4) is 0 Å². The molecular formula is C18H18ClIN6O4. The van der Waals surface area contributed by atoms with Crippen molar-refractivity contribution < 1.29 is 19.7 Å². The number of aliphatic hydroxyl groups excluding tert-OH is 2. The Kier molecular flexibility index (Phi) is 6.06. The number of amides is 1. The van der Waals surface area contributed by atoms with E-state index in [4.69, 9.17) is 16.3 Å². The summed E-state index contributed by atoms with van der Waals surface area (Å²) in [7, 11) is 1.42. The van der Waals surface area contributed by atoms with E-state index in [9.17, 15) is 15.0 Å². The minimum atomic E-state index is -1.40. The molecule has 1 aliphatic heterocycles. The van der Waals surface area contributed by atoms with Gasteiger partial charge in [0.05, 0.1) is 6.33 Å². The number of aromatic nitrogens is 4. The largest absolute Gasteiger partial charge is 0.387 e. The number of rotatable bonds is 5. The van der Waals surface area contributed by atoms with Crippen LogP contribution < -0.4 is 10.6 Å². The van der Waals surface area contributed by atoms with E-state index in [0.717, 1.165) is 9.13 Å². The molecule has 158 valence electrons. The fraction of sp³-hybridized carbons (Fsp3) is 0.333. The van der Waals surface area contributed by atoms with Gasteiger partial charge in [0.2, 0.25) is 5.28 Å². The van der Waals surface area contributed by atoms with Crippen LogP contribution in [0, 0.1) is 3.57 Å². The van der Waals surface area contributed by atoms with Crippen molar-refractivity contribution >= 4 is 57.1 Å². The average molecular weight is 545 g/mol. The molecule has 3 aromatic rings. The van der Waals surface area contributed by atoms with Crippen LogP contribution in [0.1, 0.15) is 11.8 Å². The van der Waals surface area contributed by atoms with Gasteiger partial charge in [-0.1, -0.05) is 12.1 Å². The van der Waals surface area contributed by atoms with E-state index in [2.05, 4.69) is 48.2 Å². The molecule has 0 aliphatic carbocycles. The number of likely N-dealkylation sites (N-methyl/N-ethyl adjacent to an activating group) is 1. The molecule has 4 N–H and O–H groups in total. The van der Waals surface area contributed by atoms with Crippen LogP contribution in [0.25, 0.3) is 11.2 Å². The van der Waals surface area contributed by atoms with E-state index >= 15 is 0 Å². The van der Waals surface area contributed by atoms with Crippen LogP contribution in [0.5, 0.6) is 0 Å². The van der Waals surface area contributed by atoms with Gasteiger partial charge in [0, 0.05) is 17.2 Å². The van der Waals surface area contributed by atoms with Crippen LogP contribution in [-0.4, -0.2) is 61.0 Å². The second kappa shape index (κ2) is 8.59. The Morgan fingerprint density at radius 3 is 2.87 bits per heavy atom. The number of benzene rings is 1. The molecule has 12 heteroatoms. The van der Waals surface area contributed by atoms with Gasteiger partial charge in [0.15, 0.2) is 29.3 Å². The summed E-state index contributed by atoms with van der Waals surface area (Å²) in [6, 6.07) is 7.98. The fourth-order valence-corrected chi connectivity index (χ4v) is 4.05. The van der Waals surface area contributed by atoms with Gasteiger partial charge >= 0.3 is 0 Å². The van der Waals surface area contributed by atoms with Crippen molar-refractivity contribution in [2.75, 3.05) is 12.4 Å². The summed E-state index contributed by atoms with van der Waals surface area (Å²) in [5.74, 6) is -0.125. The highest BCUT2D eigenvalue weighted by Crippen LogP contribution is 2.33. The molecule has 4 atom stereocenters. The Morgan fingerprint density at radius 2 is 2.13 bits per heavy atom. The number of aliphatic hydroxyl groups is 2. The van der Waals surface area contributed by atoms with Crippen LogP contribution in [-0.2, 0) is 16.1 Å². The molecule has 2 aromatic heterocycles. The summed E-state index contributed by atoms with van der Waals surface area (Å²) in [5.41, 5.74) is 1.77. The normalized spacial score (nSPS) is 23.6. The molecule has 30 heavy (non-hydrogen) atoms. The Hall–Kier alpha value is -2.06. The molecular weight excluding hydrogens is 527 g/mol. The quantitative estimate of drug-likeness (QED) is 0.277. The van der Waals surface area contributed by atoms with Crippen molar-refractivity contribution in [2.45, 2.75) is 31.1 Å². The van der Waals surface area contributed by atoms with E-state index in [-0.39, 0.29) is 5.28 Å². The van der Waals surface area contributed by atoms with Crippen molar-refractivity contribution in [3.05, 3.63) is 45.0 Å². The standard InChI is InChI=1S/C18H18ClIN6O4/c1-21-16(29)13-11(27)12(28)17(30-13)26-7-23-10-14(24-18(19)25-15(10)26)22-6-8-3-2-4-9(20)5-8/h2-5,7,11-13,17,27-28H,6H2,1H3,(H,21,29)(H,22,24,25)/t11-,12?,13+,17-/m1/s1. The number of nitrogens with one attached hydrogen (secondary N) is 2. The molecule has 4 rings (SSSR count). The van der Waals surface area contributed by atoms with Crippen molar-refractivity contribution in [1.29, 1.82) is 0 Å². The van der Waals surface area contributed by atoms with E-state index in [1.54, 1.807) is 0 Å². The smallest absolute Gasteiger partial charge is 0.251 e. The van der Waals surface area contributed by atoms with Gasteiger partial charge in [-0.25, -0.2) is 4.98 Å². The van der Waals surface area contributed by atoms with Crippen LogP contribution in [0.15, 0.2) is 30.6 Å². The highest BCUT2D eigenvalue weighted by atomic mass is 127. The first-order valence-electron chi connectivity index (χ1n) is 9.00. The van der Waals surface area contributed by atoms with Gasteiger partial charge in [0.25, 0.3) is 5.91 Å². The van der Waals surface area contributed by atoms with Gasteiger partial charge in [-0.15, -0.1) is 0 Å². The summed E-state index contributed by atoms with van der Waals surface area (Å²) in [4.78, 5) is 24.7. The molecule has 3 heterocycles. The van der Waals surface area contributed by atoms with Crippen molar-refractivity contribution in [3.63, 3.8) is 0 Å². The molecule has 1 saturated heterocycles. The highest BCUT2D eigenvalue weighted by Gasteiger charge is 2.47. The molecule has 10 nitrogen and oxygen atoms in total. The number of imidazole rings is 1. The van der Waals surface area contributed by atoms with Crippen LogP contribution in [0.2, 0.25) is 5.28 Å². The molecule has 0 saturated carbocycles. The fourth-order valence-electron chi connectivity index (χ4n) is 3.28. The summed E-state index contributed by atoms with van der Waals surface area (Å²) in [5, 5.41) is 26.2. The first-order chi connectivity index (χ1) is 14.4. The molecule has 1 aliphatic rings. The third-order valence-electron chi connectivity index (χ3n) is 4.76. The molecule has 0 bridgehead atoms. The van der Waals surface area contributed by atoms with Crippen molar-refractivity contribution in [1.82, 2.24) is 24.8 Å². The lowest BCUT2D eigenvalue weighted by Gasteiger charge is -2.16. The Morgan fingerprint density at radius 1 is 1.33 bits per heavy atom. The van der Waals surface area contributed by atoms with Crippen LogP contribution in [0.4, 0.5) is 5.82 Å². The Labute approximate surface area is 189 Å². The minimum absolute atomic E-state index is 0.0229. The highest BCUT2D eigenvalue weighted by molar-refractivity contribution is 14.1. The third kappa shape index (κ3) is 3.95. The number of anilines is 1. The first kappa shape index (κ1) is 21.2. The van der Waals surface area contributed by atoms with Gasteiger partial charge in [-0.05, 0) is 51.9 Å². The predicted octanol–water partition coefficient (Wildman–Crippen LogP) is 1.06. The third-order valence-corrected chi connectivity index (χ3v) is 5.60. The van der Waals surface area contributed by atoms with Gasteiger partial charge in [-0.2, -0.15) is 9.97 Å². The number of carbonyl (C=O) groups excluding carboxylic acids is 1. The van der Waals surface area contributed by atoms with E-state index in [1.807, 2.05) is 24.3 Å². The zero-order chi connectivity index (χ0) is 21.4. The number of carbonyl (C=O) groups is 1. The molecule has 1 fully saturated rings. The van der Waals surface area contributed by atoms with E-state index < -0.39 is 30.4 Å². The summed E-state index contributed by atoms with van der Waals surface area (Å²) >= 11 is 8.35. The zero-order valence-electron chi connectivity index (χ0n) is 15.7. The topological polar surface area (TPSA) is 134 Å². The Balaban J connectivity index is 1.64. The van der Waals surface area contributed by atoms with Gasteiger partial charge in [-0.3, -0.25) is 9.36 Å². The second-order valence-electron chi connectivity index (χ2n) is 6.69. The first-order valence-corrected chi connectivity index (χ1v) is 10.5. The van der Waals surface area contributed by atoms with E-state index in [0.29, 0.717) is 23.5 Å². The lowest BCUT2D eigenvalue weighted by atomic mass is 10.1. The molecule has 0 radical (unpaired) electrons. The van der Waals surface area contributed by atoms with Crippen molar-refractivity contribution in [3.8, 4) is 0 Å². The molecule has 1 amide bonds. The average Bonchev–Trinajstić information content (AvgIpc) is 3.27. The SMILES string of the molecule is CNC(=O)[C@H]1O[C@@H](n2cnc3c(NCc4cccc(I)c4)nc(Cl)nc32)C(O)[C@H]1O. The number of halogens is 2. The number of hydrogen-bond acceptors (Lipinski definition) is 8. The van der Waals surface area contributed by atoms with Gasteiger partial charge in [0.1, 0.15) is 12.2 Å². The van der Waals surface area contributed by atoms with E-state index in [1.165, 1.54) is 17.9 Å². The van der Waals surface area contributed by atoms with Gasteiger partial charge < -0.3 is 25.6 Å². The molecule has 0 spiro atoms. The predicted molar refractivity (Wildman–Crippen MR) is 117 cm³/mol. The van der Waals surface area contributed by atoms with Crippen LogP contribution >= 0.6 is 34.2 Å². The number of nitrogens with zero attached hydrogens (tertiary/aromatic N) is 4. The lowest BCUT2D eigenvalue weighted by molar-refractivity contribution is -0.137. The number of fused-ring (bicyclic) bond motifs is 1. The summed E-state index contributed by atoms with van der Waals surface area (Å²) < 4.78 is 8.14. The minimum Gasteiger partial charge on any atom is -0.387 e.